The number of carbonyl (C=O) groups is 3. The summed E-state index contributed by atoms with van der Waals surface area (Å²) in [6.07, 6.45) is 5.25. The van der Waals surface area contributed by atoms with E-state index in [0.29, 0.717) is 23.8 Å². The van der Waals surface area contributed by atoms with Crippen LogP contribution >= 0.6 is 11.6 Å². The summed E-state index contributed by atoms with van der Waals surface area (Å²) in [7, 11) is 3.29. The van der Waals surface area contributed by atoms with Crippen LogP contribution in [0, 0.1) is 0 Å². The Morgan fingerprint density at radius 2 is 1.38 bits per heavy atom. The van der Waals surface area contributed by atoms with Gasteiger partial charge in [-0.2, -0.15) is 0 Å². The SMILES string of the molecule is COc1ccc(CCl)cc1.COc1ccc(Cn2cccc2C=O)cc1.O=CO[O-].O=Cc1ccc[nH]1.[H-].[K+].[K+]. The van der Waals surface area contributed by atoms with Crippen molar-refractivity contribution in [2.24, 2.45) is 0 Å². The van der Waals surface area contributed by atoms with Crippen molar-refractivity contribution in [3.05, 3.63) is 108 Å². The van der Waals surface area contributed by atoms with Gasteiger partial charge in [-0.25, -0.2) is 0 Å². The van der Waals surface area contributed by atoms with Crippen molar-refractivity contribution >= 4 is 30.6 Å². The van der Waals surface area contributed by atoms with E-state index in [-0.39, 0.29) is 111 Å². The molecule has 0 fully saturated rings. The Labute approximate surface area is 319 Å². The maximum absolute atomic E-state index is 10.7. The Hall–Kier alpha value is -1.07. The van der Waals surface area contributed by atoms with Crippen LogP contribution in [0.25, 0.3) is 0 Å². The van der Waals surface area contributed by atoms with Gasteiger partial charge in [-0.15, -0.1) is 11.6 Å². The molecule has 4 rings (SSSR count). The first kappa shape index (κ1) is 40.1. The zero-order valence-electron chi connectivity index (χ0n) is 23.4. The van der Waals surface area contributed by atoms with Gasteiger partial charge >= 0.3 is 103 Å². The molecule has 0 saturated carbocycles. The number of rotatable bonds is 8. The summed E-state index contributed by atoms with van der Waals surface area (Å²) in [5, 5.41) is 8.43. The molecule has 0 radical (unpaired) electrons. The molecule has 0 aliphatic carbocycles. The van der Waals surface area contributed by atoms with Gasteiger partial charge in [0, 0.05) is 24.8 Å². The number of hydrogen-bond donors (Lipinski definition) is 1. The smallest absolute Gasteiger partial charge is 1.00 e. The molecule has 2 heterocycles. The van der Waals surface area contributed by atoms with Crippen LogP contribution < -0.4 is 118 Å². The second-order valence-corrected chi connectivity index (χ2v) is 7.21. The zero-order valence-corrected chi connectivity index (χ0v) is 29.4. The summed E-state index contributed by atoms with van der Waals surface area (Å²) in [4.78, 5) is 34.5. The Morgan fingerprint density at radius 3 is 1.74 bits per heavy atom. The standard InChI is InChI=1S/C13H13NO2.C8H9ClO.C5H5NO.CH2O3.2K.H/c1-16-13-6-4-11(5-7-13)9-14-8-2-3-12(14)10-15;1-10-8-4-2-7(6-9)3-5-8;7-4-5-2-1-3-6-5;2-1-4-3;;;/h2-8,10H,9H2,1H3;2-5H,6H2,1H3;1-4,6H;1,3H;;;/q;;;;2*+1;-1/p-1. The Bertz CT molecular complexity index is 1140. The third-order valence-electron chi connectivity index (χ3n) is 4.60. The molecule has 0 saturated heterocycles. The molecule has 9 nitrogen and oxygen atoms in total. The molecule has 4 aromatic rings. The molecule has 12 heteroatoms. The summed E-state index contributed by atoms with van der Waals surface area (Å²) < 4.78 is 12.0. The minimum atomic E-state index is -0.181. The van der Waals surface area contributed by atoms with Crippen LogP contribution in [-0.2, 0) is 22.1 Å². The normalized spacial score (nSPS) is 8.62. The summed E-state index contributed by atoms with van der Waals surface area (Å²) in [6.45, 7) is 0.519. The van der Waals surface area contributed by atoms with Crippen LogP contribution in [-0.4, -0.2) is 42.8 Å². The molecule has 0 spiro atoms. The van der Waals surface area contributed by atoms with Crippen LogP contribution in [0.1, 0.15) is 33.5 Å². The van der Waals surface area contributed by atoms with Crippen molar-refractivity contribution in [3.8, 4) is 11.5 Å². The molecular formula is C27H29ClK2N2O7. The van der Waals surface area contributed by atoms with Gasteiger partial charge in [0.05, 0.1) is 25.6 Å². The number of nitrogens with zero attached hydrogens (tertiary/aromatic N) is 1. The zero-order chi connectivity index (χ0) is 27.3. The molecular weight excluding hydrogens is 578 g/mol. The molecule has 1 N–H and O–H groups in total. The maximum Gasteiger partial charge on any atom is 1.00 e. The van der Waals surface area contributed by atoms with Crippen LogP contribution in [0.5, 0.6) is 11.5 Å². The number of halogens is 1. The van der Waals surface area contributed by atoms with E-state index in [1.165, 1.54) is 0 Å². The largest absolute Gasteiger partial charge is 1.00 e. The average Bonchev–Trinajstić information content (AvgIpc) is 3.66. The maximum atomic E-state index is 10.7. The van der Waals surface area contributed by atoms with Gasteiger partial charge in [0.25, 0.3) is 6.47 Å². The minimum absolute atomic E-state index is 0. The van der Waals surface area contributed by atoms with Crippen molar-refractivity contribution in [3.63, 3.8) is 0 Å². The Balaban J connectivity index is -0.000000495. The molecule has 0 unspecified atom stereocenters. The van der Waals surface area contributed by atoms with Crippen molar-refractivity contribution < 1.29 is 138 Å². The van der Waals surface area contributed by atoms with E-state index in [1.807, 2.05) is 65.4 Å². The molecule has 0 atom stereocenters. The van der Waals surface area contributed by atoms with E-state index in [2.05, 4.69) is 9.87 Å². The molecule has 0 aliphatic rings. The van der Waals surface area contributed by atoms with Crippen LogP contribution in [0.3, 0.4) is 0 Å². The molecule has 0 amide bonds. The van der Waals surface area contributed by atoms with E-state index < -0.39 is 0 Å². The summed E-state index contributed by atoms with van der Waals surface area (Å²) in [5.74, 6) is 2.27. The Morgan fingerprint density at radius 1 is 0.846 bits per heavy atom. The number of carbonyl (C=O) groups excluding carboxylic acids is 3. The van der Waals surface area contributed by atoms with Crippen molar-refractivity contribution in [1.29, 1.82) is 0 Å². The fraction of sp³-hybridized carbons (Fsp3) is 0.148. The molecule has 2 aromatic heterocycles. The number of H-pyrrole nitrogens is 1. The van der Waals surface area contributed by atoms with E-state index in [1.54, 1.807) is 38.6 Å². The van der Waals surface area contributed by atoms with E-state index in [9.17, 15) is 9.59 Å². The first-order chi connectivity index (χ1) is 18.0. The number of methoxy groups -OCH3 is 2. The second kappa shape index (κ2) is 25.9. The number of alkyl halides is 1. The number of aromatic nitrogens is 2. The molecule has 2 aromatic carbocycles. The fourth-order valence-electron chi connectivity index (χ4n) is 2.74. The van der Waals surface area contributed by atoms with Crippen LogP contribution in [0.4, 0.5) is 0 Å². The van der Waals surface area contributed by atoms with Crippen LogP contribution in [0.2, 0.25) is 0 Å². The second-order valence-electron chi connectivity index (χ2n) is 6.94. The third-order valence-corrected chi connectivity index (χ3v) is 4.91. The number of aldehydes is 2. The number of nitrogens with one attached hydrogen (secondary N) is 1. The van der Waals surface area contributed by atoms with Crippen molar-refractivity contribution in [1.82, 2.24) is 9.55 Å². The van der Waals surface area contributed by atoms with E-state index >= 15 is 0 Å². The van der Waals surface area contributed by atoms with E-state index in [0.717, 1.165) is 35.2 Å². The van der Waals surface area contributed by atoms with E-state index in [4.69, 9.17) is 31.1 Å². The molecule has 0 bridgehead atoms. The number of ether oxygens (including phenoxy) is 2. The molecule has 0 aliphatic heterocycles. The van der Waals surface area contributed by atoms with Gasteiger partial charge in [-0.1, -0.05) is 24.3 Å². The average molecular weight is 607 g/mol. The van der Waals surface area contributed by atoms with Crippen molar-refractivity contribution in [2.45, 2.75) is 12.4 Å². The molecule has 39 heavy (non-hydrogen) atoms. The number of hydrogen-bond acceptors (Lipinski definition) is 7. The number of aromatic amines is 1. The summed E-state index contributed by atoms with van der Waals surface area (Å²) in [6, 6.07) is 22.7. The first-order valence-electron chi connectivity index (χ1n) is 10.8. The van der Waals surface area contributed by atoms with Gasteiger partial charge in [0.15, 0.2) is 12.6 Å². The van der Waals surface area contributed by atoms with Gasteiger partial charge < -0.3 is 30.6 Å². The summed E-state index contributed by atoms with van der Waals surface area (Å²) in [5.41, 5.74) is 3.57. The van der Waals surface area contributed by atoms with Gasteiger partial charge in [0.2, 0.25) is 0 Å². The van der Waals surface area contributed by atoms with Gasteiger partial charge in [-0.3, -0.25) is 14.4 Å². The monoisotopic (exact) mass is 606 g/mol. The predicted molar refractivity (Wildman–Crippen MR) is 139 cm³/mol. The topological polar surface area (TPSA) is 123 Å². The number of benzene rings is 2. The first-order valence-corrected chi connectivity index (χ1v) is 11.3. The third kappa shape index (κ3) is 17.4. The summed E-state index contributed by atoms with van der Waals surface area (Å²) >= 11 is 5.58. The Kier molecular flexibility index (Phi) is 26.6. The van der Waals surface area contributed by atoms with Crippen LogP contribution in [0.15, 0.2) is 85.2 Å². The predicted octanol–water partition coefficient (Wildman–Crippen LogP) is -1.83. The fourth-order valence-corrected chi connectivity index (χ4v) is 2.92. The van der Waals surface area contributed by atoms with Gasteiger partial charge in [-0.05, 0) is 59.7 Å². The minimum Gasteiger partial charge on any atom is -1.00 e. The molecule has 198 valence electrons. The van der Waals surface area contributed by atoms with Crippen molar-refractivity contribution in [2.75, 3.05) is 14.2 Å². The quantitative estimate of drug-likeness (QED) is 0.0823. The van der Waals surface area contributed by atoms with Gasteiger partial charge in [0.1, 0.15) is 11.5 Å².